The fourth-order valence-electron chi connectivity index (χ4n) is 6.37. The Kier molecular flexibility index (Phi) is 28.7. The van der Waals surface area contributed by atoms with Crippen molar-refractivity contribution in [2.45, 2.75) is 198 Å². The van der Waals surface area contributed by atoms with Crippen LogP contribution >= 0.6 is 11.6 Å². The predicted octanol–water partition coefficient (Wildman–Crippen LogP) is 16.9. The fourth-order valence-corrected chi connectivity index (χ4v) is 6.60. The van der Waals surface area contributed by atoms with Crippen LogP contribution in [0.1, 0.15) is 265 Å². The van der Waals surface area contributed by atoms with Crippen LogP contribution in [0.5, 0.6) is 11.5 Å². The molecule has 0 fully saturated rings. The van der Waals surface area contributed by atoms with E-state index in [1.54, 1.807) is 25.3 Å². The summed E-state index contributed by atoms with van der Waals surface area (Å²) in [6.07, 6.45) is 1.75. The largest absolute Gasteiger partial charge is 0.497 e. The highest BCUT2D eigenvalue weighted by molar-refractivity contribution is 6.30. The molecule has 5 rings (SSSR count). The minimum Gasteiger partial charge on any atom is -0.497 e. The van der Waals surface area contributed by atoms with Gasteiger partial charge in [0.1, 0.15) is 18.1 Å². The zero-order valence-corrected chi connectivity index (χ0v) is 49.0. The summed E-state index contributed by atoms with van der Waals surface area (Å²) < 4.78 is 15.6. The molecule has 0 aromatic carbocycles. The number of H-pyrrole nitrogens is 1. The summed E-state index contributed by atoms with van der Waals surface area (Å²) in [6, 6.07) is 18.9. The number of halogens is 1. The van der Waals surface area contributed by atoms with Crippen molar-refractivity contribution in [3.63, 3.8) is 0 Å². The number of carbonyl (C=O) groups excluding carboxylic acids is 1. The number of hydrogen-bond acceptors (Lipinski definition) is 9. The molecule has 72 heavy (non-hydrogen) atoms. The molecule has 5 aromatic heterocycles. The second kappa shape index (κ2) is 32.0. The Labute approximate surface area is 440 Å². The third kappa shape index (κ3) is 23.0. The monoisotopic (exact) mass is 1010 g/mol. The van der Waals surface area contributed by atoms with Crippen LogP contribution in [0.4, 0.5) is 0 Å². The van der Waals surface area contributed by atoms with Crippen molar-refractivity contribution in [3.05, 3.63) is 151 Å². The van der Waals surface area contributed by atoms with Crippen LogP contribution in [-0.2, 0) is 4.74 Å². The summed E-state index contributed by atoms with van der Waals surface area (Å²) in [5, 5.41) is 0.794. The minimum absolute atomic E-state index is 0.103. The second-order valence-corrected chi connectivity index (χ2v) is 21.7. The molecule has 0 bridgehead atoms. The van der Waals surface area contributed by atoms with Crippen LogP contribution in [0, 0.1) is 0 Å². The lowest BCUT2D eigenvalue weighted by Crippen LogP contribution is -2.08. The number of ether oxygens (including phenoxy) is 3. The van der Waals surface area contributed by atoms with Gasteiger partial charge in [0.15, 0.2) is 5.43 Å². The SMILES string of the molecule is C=CCOc1cc(C(C)C)nc(C(C)C)c1.CC(C)c1cc(=O)cc(C(C)C)[nH]1.CC(C)c1cc(Cl)cc(C(C)C)n1.COC(=O)c1cc(C(C)C)nc(C(C)C)c1.COc1cc(C(C)C)nc(C(C)C)c1. The zero-order chi connectivity index (χ0) is 55.2. The summed E-state index contributed by atoms with van der Waals surface area (Å²) in [6.45, 7) is 46.4. The maximum absolute atomic E-state index is 11.5. The molecule has 398 valence electrons. The van der Waals surface area contributed by atoms with Gasteiger partial charge in [-0.3, -0.25) is 24.7 Å². The molecule has 5 heterocycles. The molecule has 0 radical (unpaired) electrons. The molecular weight excluding hydrogens is 918 g/mol. The van der Waals surface area contributed by atoms with Gasteiger partial charge in [0, 0.05) is 98.4 Å². The number of nitrogens with one attached hydrogen (secondary N) is 1. The lowest BCUT2D eigenvalue weighted by atomic mass is 10.0. The van der Waals surface area contributed by atoms with E-state index in [1.165, 1.54) is 7.11 Å². The van der Waals surface area contributed by atoms with E-state index in [0.29, 0.717) is 71.3 Å². The quantitative estimate of drug-likeness (QED) is 0.0805. The van der Waals surface area contributed by atoms with Crippen molar-refractivity contribution in [3.8, 4) is 11.5 Å². The van der Waals surface area contributed by atoms with Gasteiger partial charge in [-0.05, 0) is 83.4 Å². The number of aromatic nitrogens is 5. The molecule has 0 aliphatic carbocycles. The Hall–Kier alpha value is -5.35. The summed E-state index contributed by atoms with van der Waals surface area (Å²) in [5.74, 6) is 5.50. The number of hydrogen-bond donors (Lipinski definition) is 1. The smallest absolute Gasteiger partial charge is 0.337 e. The number of esters is 1. The molecule has 0 amide bonds. The van der Waals surface area contributed by atoms with Gasteiger partial charge in [0.2, 0.25) is 0 Å². The van der Waals surface area contributed by atoms with Crippen LogP contribution in [0.25, 0.3) is 0 Å². The van der Waals surface area contributed by atoms with Gasteiger partial charge in [-0.2, -0.15) is 0 Å². The molecule has 0 saturated carbocycles. The average Bonchev–Trinajstić information content (AvgIpc) is 3.32. The number of nitrogens with zero attached hydrogens (tertiary/aromatic N) is 4. The molecule has 5 aromatic rings. The van der Waals surface area contributed by atoms with Crippen molar-refractivity contribution in [2.75, 3.05) is 20.8 Å². The first-order valence-corrected chi connectivity index (χ1v) is 26.3. The Morgan fingerprint density at radius 2 is 0.778 bits per heavy atom. The van der Waals surface area contributed by atoms with Crippen molar-refractivity contribution < 1.29 is 19.0 Å². The molecule has 11 heteroatoms. The second-order valence-electron chi connectivity index (χ2n) is 21.2. The van der Waals surface area contributed by atoms with Crippen LogP contribution in [0.3, 0.4) is 0 Å². The molecule has 0 spiro atoms. The Balaban J connectivity index is 0.000000451. The number of carbonyl (C=O) groups is 1. The first kappa shape index (κ1) is 64.7. The van der Waals surface area contributed by atoms with E-state index in [2.05, 4.69) is 170 Å². The number of methoxy groups -OCH3 is 2. The van der Waals surface area contributed by atoms with E-state index in [0.717, 1.165) is 73.5 Å². The third-order valence-corrected chi connectivity index (χ3v) is 11.5. The topological polar surface area (TPSA) is 129 Å². The minimum atomic E-state index is -0.300. The summed E-state index contributed by atoms with van der Waals surface area (Å²) >= 11 is 6.00. The van der Waals surface area contributed by atoms with Crippen LogP contribution in [-0.4, -0.2) is 51.7 Å². The highest BCUT2D eigenvalue weighted by Gasteiger charge is 2.15. The van der Waals surface area contributed by atoms with Gasteiger partial charge in [0.25, 0.3) is 0 Å². The van der Waals surface area contributed by atoms with E-state index < -0.39 is 0 Å². The highest BCUT2D eigenvalue weighted by atomic mass is 35.5. The molecule has 1 N–H and O–H groups in total. The van der Waals surface area contributed by atoms with E-state index in [9.17, 15) is 9.59 Å². The Morgan fingerprint density at radius 3 is 1.04 bits per heavy atom. The normalized spacial score (nSPS) is 11.1. The number of rotatable bonds is 15. The molecule has 0 atom stereocenters. The Bertz CT molecular complexity index is 2330. The first-order valence-electron chi connectivity index (χ1n) is 25.9. The summed E-state index contributed by atoms with van der Waals surface area (Å²) in [4.78, 5) is 44.4. The lowest BCUT2D eigenvalue weighted by Gasteiger charge is -2.13. The molecular formula is C61H92ClN5O5. The van der Waals surface area contributed by atoms with Gasteiger partial charge in [-0.1, -0.05) is 163 Å². The molecule has 0 saturated heterocycles. The maximum Gasteiger partial charge on any atom is 0.337 e. The van der Waals surface area contributed by atoms with Crippen molar-refractivity contribution in [1.29, 1.82) is 0 Å². The third-order valence-electron chi connectivity index (χ3n) is 11.3. The molecule has 0 unspecified atom stereocenters. The fraction of sp³-hybridized carbons (Fsp3) is 0.541. The molecule has 10 nitrogen and oxygen atoms in total. The molecule has 0 aliphatic rings. The van der Waals surface area contributed by atoms with E-state index in [1.807, 2.05) is 48.5 Å². The first-order chi connectivity index (χ1) is 33.5. The average molecular weight is 1010 g/mol. The van der Waals surface area contributed by atoms with Crippen LogP contribution in [0.2, 0.25) is 5.02 Å². The van der Waals surface area contributed by atoms with Crippen molar-refractivity contribution >= 4 is 17.6 Å². The number of pyridine rings is 5. The van der Waals surface area contributed by atoms with E-state index in [-0.39, 0.29) is 11.4 Å². The highest BCUT2D eigenvalue weighted by Crippen LogP contribution is 2.26. The lowest BCUT2D eigenvalue weighted by molar-refractivity contribution is 0.0600. The van der Waals surface area contributed by atoms with Gasteiger partial charge in [-0.15, -0.1) is 0 Å². The maximum atomic E-state index is 11.5. The van der Waals surface area contributed by atoms with Crippen molar-refractivity contribution in [2.24, 2.45) is 0 Å². The standard InChI is InChI=1S/C14H21NO.C13H19NO2.C12H19NO.C11H16ClN.C11H17NO/c1-6-7-16-12-8-13(10(2)3)15-14(9-12)11(4)5;1-8(2)11-6-10(13(15)16-5)7-12(14-11)9(3)4;1-8(2)11-6-10(14-5)7-12(13-11)9(3)4;1-7(2)10-5-9(12)6-11(13-10)8(3)4;1-7(2)10-5-9(13)6-11(12-10)8(3)4/h6,8-11H,1,7H2,2-5H3;6-9H,1-5H3;6-9H,1-5H3;5-8H,1-4H3;5-8H,1-4H3,(H,12,13). The van der Waals surface area contributed by atoms with Crippen molar-refractivity contribution in [1.82, 2.24) is 24.9 Å². The van der Waals surface area contributed by atoms with Crippen LogP contribution in [0.15, 0.2) is 78.1 Å². The summed E-state index contributed by atoms with van der Waals surface area (Å²) in [7, 11) is 3.09. The van der Waals surface area contributed by atoms with Gasteiger partial charge in [-0.25, -0.2) is 4.79 Å². The number of aromatic amines is 1. The predicted molar refractivity (Wildman–Crippen MR) is 303 cm³/mol. The van der Waals surface area contributed by atoms with Crippen LogP contribution < -0.4 is 14.9 Å². The molecule has 0 aliphatic heterocycles. The van der Waals surface area contributed by atoms with Gasteiger partial charge >= 0.3 is 5.97 Å². The Morgan fingerprint density at radius 1 is 0.486 bits per heavy atom. The van der Waals surface area contributed by atoms with E-state index >= 15 is 0 Å². The van der Waals surface area contributed by atoms with Gasteiger partial charge in [0.05, 0.1) is 19.8 Å². The summed E-state index contributed by atoms with van der Waals surface area (Å²) in [5.41, 5.74) is 11.2. The zero-order valence-electron chi connectivity index (χ0n) is 48.2. The van der Waals surface area contributed by atoms with Gasteiger partial charge < -0.3 is 19.2 Å². The van der Waals surface area contributed by atoms with E-state index in [4.69, 9.17) is 25.8 Å².